The molecule has 0 fully saturated rings. The molecule has 1 amide bonds. The maximum Gasteiger partial charge on any atom is 0.252 e. The van der Waals surface area contributed by atoms with E-state index in [0.717, 1.165) is 0 Å². The van der Waals surface area contributed by atoms with Gasteiger partial charge in [0, 0.05) is 5.56 Å². The van der Waals surface area contributed by atoms with E-state index in [9.17, 15) is 4.79 Å². The van der Waals surface area contributed by atoms with Crippen molar-refractivity contribution in [1.82, 2.24) is 5.32 Å². The molecule has 3 N–H and O–H groups in total. The number of hydrogen-bond acceptors (Lipinski definition) is 3. The van der Waals surface area contributed by atoms with E-state index >= 15 is 0 Å². The summed E-state index contributed by atoms with van der Waals surface area (Å²) in [6, 6.07) is 4.61. The summed E-state index contributed by atoms with van der Waals surface area (Å²) >= 11 is 0. The summed E-state index contributed by atoms with van der Waals surface area (Å²) in [6.07, 6.45) is 5.96. The first-order valence-corrected chi connectivity index (χ1v) is 5.32. The zero-order valence-corrected chi connectivity index (χ0v) is 9.99. The quantitative estimate of drug-likeness (QED) is 0.609. The maximum absolute atomic E-state index is 11.8. The highest BCUT2D eigenvalue weighted by Gasteiger charge is 2.11. The number of nitrogens with two attached hydrogens (primary N) is 1. The van der Waals surface area contributed by atoms with Crippen molar-refractivity contribution in [2.75, 3.05) is 12.8 Å². The van der Waals surface area contributed by atoms with Gasteiger partial charge in [-0.25, -0.2) is 0 Å². The number of nitrogens with one attached hydrogen (secondary N) is 1. The molecule has 0 heterocycles. The van der Waals surface area contributed by atoms with E-state index < -0.39 is 0 Å². The topological polar surface area (TPSA) is 64.3 Å². The van der Waals surface area contributed by atoms with Crippen LogP contribution in [0.25, 0.3) is 0 Å². The van der Waals surface area contributed by atoms with Gasteiger partial charge in [0.1, 0.15) is 5.75 Å². The molecule has 0 spiro atoms. The standard InChI is InChI=1S/C13H16N2O2/c1-4-10(5-2)15-13(16)9-6-7-12(17-3)11(14)8-9/h1,6-8,10H,5,14H2,2-3H3,(H,15,16). The van der Waals surface area contributed by atoms with Crippen molar-refractivity contribution >= 4 is 11.6 Å². The van der Waals surface area contributed by atoms with E-state index in [2.05, 4.69) is 11.2 Å². The van der Waals surface area contributed by atoms with Crippen LogP contribution < -0.4 is 15.8 Å². The predicted octanol–water partition coefficient (Wildman–Crippen LogP) is 1.42. The zero-order chi connectivity index (χ0) is 12.8. The summed E-state index contributed by atoms with van der Waals surface area (Å²) in [5.74, 6) is 2.82. The van der Waals surface area contributed by atoms with Crippen LogP contribution in [-0.2, 0) is 0 Å². The lowest BCUT2D eigenvalue weighted by Gasteiger charge is -2.11. The summed E-state index contributed by atoms with van der Waals surface area (Å²) < 4.78 is 5.01. The summed E-state index contributed by atoms with van der Waals surface area (Å²) in [5, 5.41) is 2.73. The number of carbonyl (C=O) groups excluding carboxylic acids is 1. The Morgan fingerprint density at radius 2 is 2.35 bits per heavy atom. The molecule has 0 saturated carbocycles. The van der Waals surface area contributed by atoms with Gasteiger partial charge in [-0.3, -0.25) is 4.79 Å². The number of ether oxygens (including phenoxy) is 1. The number of amides is 1. The number of hydrogen-bond donors (Lipinski definition) is 2. The smallest absolute Gasteiger partial charge is 0.252 e. The fraction of sp³-hybridized carbons (Fsp3) is 0.308. The Balaban J connectivity index is 2.83. The molecule has 4 heteroatoms. The highest BCUT2D eigenvalue weighted by molar-refractivity contribution is 5.95. The number of nitrogen functional groups attached to an aromatic ring is 1. The minimum Gasteiger partial charge on any atom is -0.495 e. The molecular formula is C13H16N2O2. The Morgan fingerprint density at radius 1 is 1.65 bits per heavy atom. The van der Waals surface area contributed by atoms with Gasteiger partial charge in [0.05, 0.1) is 18.8 Å². The van der Waals surface area contributed by atoms with Crippen LogP contribution in [0, 0.1) is 12.3 Å². The molecule has 4 nitrogen and oxygen atoms in total. The third-order valence-electron chi connectivity index (χ3n) is 2.41. The van der Waals surface area contributed by atoms with Crippen LogP contribution in [0.3, 0.4) is 0 Å². The Labute approximate surface area is 101 Å². The van der Waals surface area contributed by atoms with Gasteiger partial charge in [-0.2, -0.15) is 0 Å². The van der Waals surface area contributed by atoms with Crippen molar-refractivity contribution in [3.05, 3.63) is 23.8 Å². The summed E-state index contributed by atoms with van der Waals surface area (Å²) in [5.41, 5.74) is 6.61. The van der Waals surface area contributed by atoms with Crippen LogP contribution in [0.2, 0.25) is 0 Å². The molecular weight excluding hydrogens is 216 g/mol. The van der Waals surface area contributed by atoms with Gasteiger partial charge in [0.15, 0.2) is 0 Å². The number of methoxy groups -OCH3 is 1. The summed E-state index contributed by atoms with van der Waals surface area (Å²) in [7, 11) is 1.52. The second-order valence-electron chi connectivity index (χ2n) is 3.56. The van der Waals surface area contributed by atoms with Crippen molar-refractivity contribution in [2.24, 2.45) is 0 Å². The number of carbonyl (C=O) groups is 1. The molecule has 0 aromatic heterocycles. The van der Waals surface area contributed by atoms with Crippen LogP contribution in [0.4, 0.5) is 5.69 Å². The number of terminal acetylenes is 1. The normalized spacial score (nSPS) is 11.4. The molecule has 0 aliphatic carbocycles. The van der Waals surface area contributed by atoms with Gasteiger partial charge < -0.3 is 15.8 Å². The fourth-order valence-electron chi connectivity index (χ4n) is 1.38. The molecule has 17 heavy (non-hydrogen) atoms. The van der Waals surface area contributed by atoms with Gasteiger partial charge in [-0.1, -0.05) is 12.8 Å². The average Bonchev–Trinajstić information content (AvgIpc) is 2.35. The van der Waals surface area contributed by atoms with Gasteiger partial charge in [-0.05, 0) is 24.6 Å². The van der Waals surface area contributed by atoms with Gasteiger partial charge in [-0.15, -0.1) is 6.42 Å². The van der Waals surface area contributed by atoms with E-state index in [-0.39, 0.29) is 11.9 Å². The summed E-state index contributed by atoms with van der Waals surface area (Å²) in [4.78, 5) is 11.8. The van der Waals surface area contributed by atoms with Crippen molar-refractivity contribution in [2.45, 2.75) is 19.4 Å². The van der Waals surface area contributed by atoms with E-state index in [1.807, 2.05) is 6.92 Å². The minimum absolute atomic E-state index is 0.232. The Kier molecular flexibility index (Phi) is 4.41. The van der Waals surface area contributed by atoms with Crippen molar-refractivity contribution < 1.29 is 9.53 Å². The molecule has 1 atom stereocenters. The highest BCUT2D eigenvalue weighted by atomic mass is 16.5. The second-order valence-corrected chi connectivity index (χ2v) is 3.56. The lowest BCUT2D eigenvalue weighted by molar-refractivity contribution is 0.0945. The molecule has 0 aliphatic rings. The first-order valence-electron chi connectivity index (χ1n) is 5.32. The van der Waals surface area contributed by atoms with Crippen molar-refractivity contribution in [3.8, 4) is 18.1 Å². The fourth-order valence-corrected chi connectivity index (χ4v) is 1.38. The molecule has 90 valence electrons. The lowest BCUT2D eigenvalue weighted by Crippen LogP contribution is -2.33. The molecule has 1 unspecified atom stereocenters. The van der Waals surface area contributed by atoms with Crippen molar-refractivity contribution in [3.63, 3.8) is 0 Å². The molecule has 0 saturated heterocycles. The largest absolute Gasteiger partial charge is 0.495 e. The van der Waals surface area contributed by atoms with Crippen LogP contribution in [0.1, 0.15) is 23.7 Å². The van der Waals surface area contributed by atoms with Crippen molar-refractivity contribution in [1.29, 1.82) is 0 Å². The van der Waals surface area contributed by atoms with Crippen LogP contribution >= 0.6 is 0 Å². The lowest BCUT2D eigenvalue weighted by atomic mass is 10.1. The zero-order valence-electron chi connectivity index (χ0n) is 9.99. The molecule has 0 radical (unpaired) electrons. The Hall–Kier alpha value is -2.15. The van der Waals surface area contributed by atoms with Gasteiger partial charge in [0.2, 0.25) is 0 Å². The highest BCUT2D eigenvalue weighted by Crippen LogP contribution is 2.21. The minimum atomic E-state index is -0.258. The Bertz CT molecular complexity index is 449. The third kappa shape index (κ3) is 3.15. The van der Waals surface area contributed by atoms with Gasteiger partial charge in [0.25, 0.3) is 5.91 Å². The number of rotatable bonds is 4. The average molecular weight is 232 g/mol. The Morgan fingerprint density at radius 3 is 2.82 bits per heavy atom. The van der Waals surface area contributed by atoms with E-state index in [1.54, 1.807) is 18.2 Å². The number of anilines is 1. The van der Waals surface area contributed by atoms with Crippen LogP contribution in [0.15, 0.2) is 18.2 Å². The van der Waals surface area contributed by atoms with Crippen LogP contribution in [0.5, 0.6) is 5.75 Å². The molecule has 0 bridgehead atoms. The first-order chi connectivity index (χ1) is 8.12. The molecule has 1 aromatic rings. The molecule has 1 aromatic carbocycles. The van der Waals surface area contributed by atoms with E-state index in [0.29, 0.717) is 23.4 Å². The second kappa shape index (κ2) is 5.80. The predicted molar refractivity (Wildman–Crippen MR) is 67.8 cm³/mol. The number of benzene rings is 1. The summed E-state index contributed by atoms with van der Waals surface area (Å²) in [6.45, 7) is 1.91. The first kappa shape index (κ1) is 12.9. The van der Waals surface area contributed by atoms with E-state index in [4.69, 9.17) is 16.9 Å². The molecule has 1 rings (SSSR count). The van der Waals surface area contributed by atoms with Crippen LogP contribution in [-0.4, -0.2) is 19.1 Å². The SMILES string of the molecule is C#CC(CC)NC(=O)c1ccc(OC)c(N)c1. The molecule has 0 aliphatic heterocycles. The van der Waals surface area contributed by atoms with E-state index in [1.165, 1.54) is 7.11 Å². The maximum atomic E-state index is 11.8. The third-order valence-corrected chi connectivity index (χ3v) is 2.41. The monoisotopic (exact) mass is 232 g/mol. The van der Waals surface area contributed by atoms with Gasteiger partial charge >= 0.3 is 0 Å².